The molecule has 0 atom stereocenters. The van der Waals surface area contributed by atoms with Gasteiger partial charge in [-0.1, -0.05) is 44.0 Å². The predicted molar refractivity (Wildman–Crippen MR) is 70.6 cm³/mol. The first-order chi connectivity index (χ1) is 7.70. The van der Waals surface area contributed by atoms with Crippen LogP contribution in [0.15, 0.2) is 36.4 Å². The van der Waals surface area contributed by atoms with E-state index in [0.29, 0.717) is 5.92 Å². The fraction of sp³-hybridized carbons (Fsp3) is 0.250. The van der Waals surface area contributed by atoms with E-state index in [1.807, 2.05) is 6.92 Å². The van der Waals surface area contributed by atoms with Crippen LogP contribution in [0.2, 0.25) is 0 Å². The normalized spacial score (nSPS) is 10.2. The summed E-state index contributed by atoms with van der Waals surface area (Å²) in [5.41, 5.74) is 2.48. The van der Waals surface area contributed by atoms with E-state index < -0.39 is 0 Å². The lowest BCUT2D eigenvalue weighted by atomic mass is 9.98. The maximum atomic E-state index is 3.09. The highest BCUT2D eigenvalue weighted by Gasteiger charge is 2.00. The van der Waals surface area contributed by atoms with E-state index >= 15 is 0 Å². The van der Waals surface area contributed by atoms with Crippen molar-refractivity contribution < 1.29 is 0 Å². The summed E-state index contributed by atoms with van der Waals surface area (Å²) in [4.78, 5) is 0. The second-order valence-corrected chi connectivity index (χ2v) is 4.35. The molecule has 0 aliphatic carbocycles. The average Bonchev–Trinajstić information content (AvgIpc) is 2.28. The number of fused-ring (bicyclic) bond motifs is 1. The number of rotatable bonds is 1. The van der Waals surface area contributed by atoms with Crippen molar-refractivity contribution in [3.05, 3.63) is 47.5 Å². The molecule has 80 valence electrons. The van der Waals surface area contributed by atoms with Crippen molar-refractivity contribution in [3.63, 3.8) is 0 Å². The Morgan fingerprint density at radius 3 is 2.31 bits per heavy atom. The van der Waals surface area contributed by atoms with Crippen LogP contribution < -0.4 is 0 Å². The molecule has 0 aromatic heterocycles. The summed E-state index contributed by atoms with van der Waals surface area (Å²) in [7, 11) is 0. The molecule has 0 heteroatoms. The molecule has 0 bridgehead atoms. The van der Waals surface area contributed by atoms with Crippen molar-refractivity contribution in [2.24, 2.45) is 0 Å². The molecule has 2 rings (SSSR count). The van der Waals surface area contributed by atoms with Crippen LogP contribution in [-0.2, 0) is 0 Å². The monoisotopic (exact) mass is 208 g/mol. The smallest absolute Gasteiger partial charge is 0.0251 e. The first-order valence-corrected chi connectivity index (χ1v) is 5.67. The van der Waals surface area contributed by atoms with Gasteiger partial charge in [-0.15, -0.1) is 5.92 Å². The molecule has 0 nitrogen and oxygen atoms in total. The summed E-state index contributed by atoms with van der Waals surface area (Å²) in [6.45, 7) is 6.31. The molecule has 0 amide bonds. The van der Waals surface area contributed by atoms with Crippen LogP contribution in [0.25, 0.3) is 10.8 Å². The van der Waals surface area contributed by atoms with Gasteiger partial charge < -0.3 is 0 Å². The van der Waals surface area contributed by atoms with Gasteiger partial charge in [0.15, 0.2) is 0 Å². The molecule has 0 N–H and O–H groups in total. The van der Waals surface area contributed by atoms with Crippen molar-refractivity contribution in [2.75, 3.05) is 0 Å². The number of hydrogen-bond acceptors (Lipinski definition) is 0. The largest absolute Gasteiger partial charge is 0.101 e. The van der Waals surface area contributed by atoms with Gasteiger partial charge in [0.05, 0.1) is 0 Å². The molecule has 2 aromatic rings. The third-order valence-corrected chi connectivity index (χ3v) is 2.80. The van der Waals surface area contributed by atoms with Gasteiger partial charge in [0.1, 0.15) is 0 Å². The number of hydrogen-bond donors (Lipinski definition) is 0. The van der Waals surface area contributed by atoms with Crippen LogP contribution in [0.5, 0.6) is 0 Å². The Morgan fingerprint density at radius 2 is 1.62 bits per heavy atom. The molecule has 0 aliphatic rings. The Hall–Kier alpha value is -1.74. The maximum absolute atomic E-state index is 3.09. The van der Waals surface area contributed by atoms with Gasteiger partial charge in [-0.25, -0.2) is 0 Å². The van der Waals surface area contributed by atoms with Crippen LogP contribution >= 0.6 is 0 Å². The van der Waals surface area contributed by atoms with E-state index in [1.165, 1.54) is 16.3 Å². The van der Waals surface area contributed by atoms with Gasteiger partial charge in [-0.05, 0) is 41.3 Å². The third-order valence-electron chi connectivity index (χ3n) is 2.80. The Labute approximate surface area is 97.3 Å². The minimum absolute atomic E-state index is 0.583. The lowest BCUT2D eigenvalue weighted by Crippen LogP contribution is -1.87. The quantitative estimate of drug-likeness (QED) is 0.612. The SMILES string of the molecule is CC#Cc1ccc2cc(C(C)C)ccc2c1. The van der Waals surface area contributed by atoms with Crippen LogP contribution in [-0.4, -0.2) is 0 Å². The first kappa shape index (κ1) is 10.8. The predicted octanol–water partition coefficient (Wildman–Crippen LogP) is 4.33. The Morgan fingerprint density at radius 1 is 0.938 bits per heavy atom. The molecule has 0 radical (unpaired) electrons. The van der Waals surface area contributed by atoms with Crippen LogP contribution in [0, 0.1) is 11.8 Å². The highest BCUT2D eigenvalue weighted by molar-refractivity contribution is 5.84. The summed E-state index contributed by atoms with van der Waals surface area (Å²) < 4.78 is 0. The van der Waals surface area contributed by atoms with E-state index in [2.05, 4.69) is 62.1 Å². The zero-order chi connectivity index (χ0) is 11.5. The summed E-state index contributed by atoms with van der Waals surface area (Å²) in [6, 6.07) is 13.0. The Bertz CT molecular complexity index is 565. The van der Waals surface area contributed by atoms with Gasteiger partial charge in [0, 0.05) is 5.56 Å². The lowest BCUT2D eigenvalue weighted by molar-refractivity contribution is 0.869. The summed E-state index contributed by atoms with van der Waals surface area (Å²) in [5.74, 6) is 6.60. The van der Waals surface area contributed by atoms with E-state index in [0.717, 1.165) is 5.56 Å². The molecule has 0 spiro atoms. The molecule has 0 heterocycles. The fourth-order valence-electron chi connectivity index (χ4n) is 1.85. The minimum Gasteiger partial charge on any atom is -0.101 e. The zero-order valence-electron chi connectivity index (χ0n) is 10.0. The van der Waals surface area contributed by atoms with E-state index in [-0.39, 0.29) is 0 Å². The molecule has 16 heavy (non-hydrogen) atoms. The molecule has 0 saturated carbocycles. The van der Waals surface area contributed by atoms with Crippen molar-refractivity contribution >= 4 is 10.8 Å². The van der Waals surface area contributed by atoms with Gasteiger partial charge >= 0.3 is 0 Å². The third kappa shape index (κ3) is 2.09. The summed E-state index contributed by atoms with van der Waals surface area (Å²) >= 11 is 0. The fourth-order valence-corrected chi connectivity index (χ4v) is 1.85. The van der Waals surface area contributed by atoms with E-state index in [4.69, 9.17) is 0 Å². The molecule has 0 aliphatic heterocycles. The topological polar surface area (TPSA) is 0 Å². The van der Waals surface area contributed by atoms with Crippen LogP contribution in [0.3, 0.4) is 0 Å². The molecule has 0 saturated heterocycles. The second kappa shape index (κ2) is 4.41. The molecular weight excluding hydrogens is 192 g/mol. The Balaban J connectivity index is 2.55. The Kier molecular flexibility index (Phi) is 2.97. The van der Waals surface area contributed by atoms with Gasteiger partial charge in [-0.2, -0.15) is 0 Å². The first-order valence-electron chi connectivity index (χ1n) is 5.67. The van der Waals surface area contributed by atoms with E-state index in [1.54, 1.807) is 0 Å². The van der Waals surface area contributed by atoms with Gasteiger partial charge in [0.25, 0.3) is 0 Å². The van der Waals surface area contributed by atoms with Crippen LogP contribution in [0.1, 0.15) is 37.8 Å². The summed E-state index contributed by atoms with van der Waals surface area (Å²) in [6.07, 6.45) is 0. The second-order valence-electron chi connectivity index (χ2n) is 4.35. The molecule has 0 fully saturated rings. The highest BCUT2D eigenvalue weighted by Crippen LogP contribution is 2.22. The van der Waals surface area contributed by atoms with E-state index in [9.17, 15) is 0 Å². The van der Waals surface area contributed by atoms with Crippen molar-refractivity contribution in [1.82, 2.24) is 0 Å². The van der Waals surface area contributed by atoms with Crippen molar-refractivity contribution in [3.8, 4) is 11.8 Å². The molecule has 0 unspecified atom stereocenters. The average molecular weight is 208 g/mol. The lowest BCUT2D eigenvalue weighted by Gasteiger charge is -2.07. The molecule has 2 aromatic carbocycles. The molecular formula is C16H16. The van der Waals surface area contributed by atoms with Crippen molar-refractivity contribution in [2.45, 2.75) is 26.7 Å². The van der Waals surface area contributed by atoms with Gasteiger partial charge in [-0.3, -0.25) is 0 Å². The van der Waals surface area contributed by atoms with Crippen LogP contribution in [0.4, 0.5) is 0 Å². The van der Waals surface area contributed by atoms with Crippen molar-refractivity contribution in [1.29, 1.82) is 0 Å². The van der Waals surface area contributed by atoms with Gasteiger partial charge in [0.2, 0.25) is 0 Å². The maximum Gasteiger partial charge on any atom is 0.0251 e. The minimum atomic E-state index is 0.583. The zero-order valence-corrected chi connectivity index (χ0v) is 10.0. The number of benzene rings is 2. The summed E-state index contributed by atoms with van der Waals surface area (Å²) in [5, 5.41) is 2.57. The standard InChI is InChI=1S/C16H16/c1-4-5-13-6-7-16-11-14(12(2)3)8-9-15(16)10-13/h6-12H,1-3H3. The highest BCUT2D eigenvalue weighted by atomic mass is 14.1.